The first kappa shape index (κ1) is 13.2. The monoisotopic (exact) mass is 276 g/mol. The molecule has 0 aliphatic carbocycles. The maximum absolute atomic E-state index is 5.31. The number of hydrogen-bond donors (Lipinski definition) is 2. The second-order valence-corrected chi connectivity index (χ2v) is 4.93. The van der Waals surface area contributed by atoms with E-state index < -0.39 is 0 Å². The second kappa shape index (κ2) is 5.68. The number of benzene rings is 1. The summed E-state index contributed by atoms with van der Waals surface area (Å²) in [5.41, 5.74) is 1.89. The molecule has 2 heterocycles. The van der Waals surface area contributed by atoms with Gasteiger partial charge in [-0.1, -0.05) is 0 Å². The third kappa shape index (κ3) is 2.57. The van der Waals surface area contributed by atoms with E-state index in [1.54, 1.807) is 14.2 Å². The summed E-state index contributed by atoms with van der Waals surface area (Å²) in [6, 6.07) is 3.84. The van der Waals surface area contributed by atoms with Crippen LogP contribution in [0.15, 0.2) is 12.1 Å². The van der Waals surface area contributed by atoms with Crippen molar-refractivity contribution in [3.05, 3.63) is 18.0 Å². The average molecular weight is 276 g/mol. The largest absolute Gasteiger partial charge is 0.493 e. The van der Waals surface area contributed by atoms with Gasteiger partial charge in [0, 0.05) is 38.3 Å². The number of ether oxygens (including phenoxy) is 2. The van der Waals surface area contributed by atoms with Crippen molar-refractivity contribution in [1.82, 2.24) is 20.2 Å². The van der Waals surface area contributed by atoms with Gasteiger partial charge in [0.05, 0.1) is 31.8 Å². The number of nitrogens with one attached hydrogen (secondary N) is 2. The molecule has 6 heteroatoms. The molecule has 2 aromatic rings. The number of nitrogens with zero attached hydrogens (tertiary/aromatic N) is 2. The van der Waals surface area contributed by atoms with Crippen LogP contribution in [-0.2, 0) is 6.54 Å². The molecule has 0 radical (unpaired) electrons. The van der Waals surface area contributed by atoms with Gasteiger partial charge in [-0.2, -0.15) is 0 Å². The van der Waals surface area contributed by atoms with E-state index in [2.05, 4.69) is 20.2 Å². The molecule has 1 aromatic heterocycles. The molecule has 1 saturated heterocycles. The Morgan fingerprint density at radius 2 is 1.85 bits per heavy atom. The predicted octanol–water partition coefficient (Wildman–Crippen LogP) is 0.985. The molecule has 6 nitrogen and oxygen atoms in total. The fourth-order valence-corrected chi connectivity index (χ4v) is 2.55. The van der Waals surface area contributed by atoms with E-state index in [1.807, 2.05) is 12.1 Å². The average Bonchev–Trinajstić information content (AvgIpc) is 2.87. The first-order valence-electron chi connectivity index (χ1n) is 6.84. The van der Waals surface area contributed by atoms with Crippen molar-refractivity contribution in [2.45, 2.75) is 6.54 Å². The zero-order chi connectivity index (χ0) is 13.9. The Kier molecular flexibility index (Phi) is 3.75. The van der Waals surface area contributed by atoms with Crippen LogP contribution in [0.1, 0.15) is 5.82 Å². The Morgan fingerprint density at radius 3 is 2.55 bits per heavy atom. The number of rotatable bonds is 4. The van der Waals surface area contributed by atoms with Crippen molar-refractivity contribution < 1.29 is 9.47 Å². The van der Waals surface area contributed by atoms with Crippen LogP contribution in [0, 0.1) is 0 Å². The Bertz CT molecular complexity index is 549. The van der Waals surface area contributed by atoms with Gasteiger partial charge in [-0.3, -0.25) is 4.90 Å². The fraction of sp³-hybridized carbons (Fsp3) is 0.500. The Balaban J connectivity index is 1.85. The predicted molar refractivity (Wildman–Crippen MR) is 77.3 cm³/mol. The number of H-pyrrole nitrogens is 1. The van der Waals surface area contributed by atoms with Crippen LogP contribution >= 0.6 is 0 Å². The van der Waals surface area contributed by atoms with Crippen LogP contribution < -0.4 is 14.8 Å². The molecular formula is C14H20N4O2. The van der Waals surface area contributed by atoms with Crippen molar-refractivity contribution in [2.75, 3.05) is 40.4 Å². The highest BCUT2D eigenvalue weighted by Crippen LogP contribution is 2.31. The summed E-state index contributed by atoms with van der Waals surface area (Å²) in [6.45, 7) is 5.05. The minimum absolute atomic E-state index is 0.709. The molecule has 1 fully saturated rings. The van der Waals surface area contributed by atoms with Gasteiger partial charge in [0.2, 0.25) is 0 Å². The number of aromatic amines is 1. The van der Waals surface area contributed by atoms with E-state index in [0.717, 1.165) is 55.3 Å². The van der Waals surface area contributed by atoms with Crippen LogP contribution in [0.25, 0.3) is 11.0 Å². The number of piperazine rings is 1. The van der Waals surface area contributed by atoms with Gasteiger partial charge in [-0.15, -0.1) is 0 Å². The van der Waals surface area contributed by atoms with E-state index in [4.69, 9.17) is 9.47 Å². The highest BCUT2D eigenvalue weighted by atomic mass is 16.5. The molecule has 0 spiro atoms. The highest BCUT2D eigenvalue weighted by Gasteiger charge is 2.14. The minimum Gasteiger partial charge on any atom is -0.493 e. The first-order valence-corrected chi connectivity index (χ1v) is 6.84. The van der Waals surface area contributed by atoms with Gasteiger partial charge in [-0.25, -0.2) is 4.98 Å². The van der Waals surface area contributed by atoms with Gasteiger partial charge < -0.3 is 19.8 Å². The molecule has 1 aromatic carbocycles. The van der Waals surface area contributed by atoms with Gasteiger partial charge in [0.15, 0.2) is 11.5 Å². The number of fused-ring (bicyclic) bond motifs is 1. The van der Waals surface area contributed by atoms with E-state index in [9.17, 15) is 0 Å². The van der Waals surface area contributed by atoms with E-state index in [-0.39, 0.29) is 0 Å². The molecule has 1 aliphatic heterocycles. The lowest BCUT2D eigenvalue weighted by atomic mass is 10.3. The van der Waals surface area contributed by atoms with Gasteiger partial charge in [0.25, 0.3) is 0 Å². The van der Waals surface area contributed by atoms with E-state index >= 15 is 0 Å². The Morgan fingerprint density at radius 1 is 1.15 bits per heavy atom. The molecule has 0 amide bonds. The molecule has 108 valence electrons. The summed E-state index contributed by atoms with van der Waals surface area (Å²) in [4.78, 5) is 10.4. The molecule has 3 rings (SSSR count). The molecular weight excluding hydrogens is 256 g/mol. The number of hydrogen-bond acceptors (Lipinski definition) is 5. The molecule has 0 atom stereocenters. The molecule has 2 N–H and O–H groups in total. The lowest BCUT2D eigenvalue weighted by molar-refractivity contribution is 0.229. The second-order valence-electron chi connectivity index (χ2n) is 4.93. The number of methoxy groups -OCH3 is 2. The molecule has 0 bridgehead atoms. The van der Waals surface area contributed by atoms with Crippen LogP contribution in [0.2, 0.25) is 0 Å². The number of aromatic nitrogens is 2. The van der Waals surface area contributed by atoms with Gasteiger partial charge in [-0.05, 0) is 0 Å². The topological polar surface area (TPSA) is 62.4 Å². The van der Waals surface area contributed by atoms with Crippen molar-refractivity contribution in [3.63, 3.8) is 0 Å². The molecule has 1 aliphatic rings. The van der Waals surface area contributed by atoms with Crippen LogP contribution in [0.3, 0.4) is 0 Å². The maximum atomic E-state index is 5.31. The van der Waals surface area contributed by atoms with Crippen LogP contribution in [-0.4, -0.2) is 55.3 Å². The normalized spacial score (nSPS) is 16.5. The first-order chi connectivity index (χ1) is 9.80. The number of imidazole rings is 1. The summed E-state index contributed by atoms with van der Waals surface area (Å²) in [6.07, 6.45) is 0. The molecule has 0 unspecified atom stereocenters. The van der Waals surface area contributed by atoms with E-state index in [1.165, 1.54) is 0 Å². The van der Waals surface area contributed by atoms with Crippen molar-refractivity contribution >= 4 is 11.0 Å². The van der Waals surface area contributed by atoms with Gasteiger partial charge >= 0.3 is 0 Å². The Labute approximate surface area is 118 Å². The summed E-state index contributed by atoms with van der Waals surface area (Å²) in [5, 5.41) is 3.35. The summed E-state index contributed by atoms with van der Waals surface area (Å²) in [5.74, 6) is 2.41. The summed E-state index contributed by atoms with van der Waals surface area (Å²) in [7, 11) is 3.28. The summed E-state index contributed by atoms with van der Waals surface area (Å²) >= 11 is 0. The Hall–Kier alpha value is -1.79. The fourth-order valence-electron chi connectivity index (χ4n) is 2.55. The van der Waals surface area contributed by atoms with Gasteiger partial charge in [0.1, 0.15) is 5.82 Å². The minimum atomic E-state index is 0.709. The van der Waals surface area contributed by atoms with Crippen LogP contribution in [0.4, 0.5) is 0 Å². The SMILES string of the molecule is COc1cc2nc(CN3CCNCC3)[nH]c2cc1OC. The highest BCUT2D eigenvalue weighted by molar-refractivity contribution is 5.79. The molecule has 20 heavy (non-hydrogen) atoms. The third-order valence-corrected chi connectivity index (χ3v) is 3.62. The zero-order valence-electron chi connectivity index (χ0n) is 11.9. The zero-order valence-corrected chi connectivity index (χ0v) is 11.9. The lowest BCUT2D eigenvalue weighted by Crippen LogP contribution is -2.43. The summed E-state index contributed by atoms with van der Waals surface area (Å²) < 4.78 is 10.6. The van der Waals surface area contributed by atoms with Crippen molar-refractivity contribution in [3.8, 4) is 11.5 Å². The third-order valence-electron chi connectivity index (χ3n) is 3.62. The van der Waals surface area contributed by atoms with Crippen molar-refractivity contribution in [1.29, 1.82) is 0 Å². The smallest absolute Gasteiger partial charge is 0.163 e. The lowest BCUT2D eigenvalue weighted by Gasteiger charge is -2.26. The standard InChI is InChI=1S/C14H20N4O2/c1-19-12-7-10-11(8-13(12)20-2)17-14(16-10)9-18-5-3-15-4-6-18/h7-8,15H,3-6,9H2,1-2H3,(H,16,17). The van der Waals surface area contributed by atoms with Crippen molar-refractivity contribution in [2.24, 2.45) is 0 Å². The maximum Gasteiger partial charge on any atom is 0.163 e. The van der Waals surface area contributed by atoms with Crippen LogP contribution in [0.5, 0.6) is 11.5 Å². The molecule has 0 saturated carbocycles. The quantitative estimate of drug-likeness (QED) is 0.872. The van der Waals surface area contributed by atoms with E-state index in [0.29, 0.717) is 5.75 Å².